The van der Waals surface area contributed by atoms with E-state index in [2.05, 4.69) is 5.32 Å². The number of carbonyl (C=O) groups is 1. The van der Waals surface area contributed by atoms with Gasteiger partial charge in [0.1, 0.15) is 0 Å². The lowest BCUT2D eigenvalue weighted by atomic mass is 9.80. The van der Waals surface area contributed by atoms with Gasteiger partial charge in [-0.25, -0.2) is 0 Å². The maximum Gasteiger partial charge on any atom is 0.222 e. The van der Waals surface area contributed by atoms with Gasteiger partial charge in [0.05, 0.1) is 0 Å². The van der Waals surface area contributed by atoms with Crippen LogP contribution in [-0.4, -0.2) is 17.0 Å². The fourth-order valence-electron chi connectivity index (χ4n) is 2.21. The van der Waals surface area contributed by atoms with E-state index in [4.69, 9.17) is 5.73 Å². The van der Waals surface area contributed by atoms with E-state index >= 15 is 0 Å². The lowest BCUT2D eigenvalue weighted by molar-refractivity contribution is -0.123. The van der Waals surface area contributed by atoms with Crippen molar-refractivity contribution in [2.75, 3.05) is 0 Å². The molecule has 15 heavy (non-hydrogen) atoms. The van der Waals surface area contributed by atoms with Crippen molar-refractivity contribution in [3.8, 4) is 0 Å². The molecule has 0 aliphatic heterocycles. The Labute approximate surface area is 92.8 Å². The Morgan fingerprint density at radius 1 is 1.27 bits per heavy atom. The van der Waals surface area contributed by atoms with E-state index in [9.17, 15) is 4.79 Å². The van der Waals surface area contributed by atoms with Crippen LogP contribution in [-0.2, 0) is 4.79 Å². The molecule has 1 saturated carbocycles. The molecule has 0 atom stereocenters. The highest BCUT2D eigenvalue weighted by Crippen LogP contribution is 2.28. The number of nitrogens with two attached hydrogens (primary N) is 1. The van der Waals surface area contributed by atoms with Crippen LogP contribution in [0.1, 0.15) is 59.3 Å². The number of carbonyl (C=O) groups excluding carboxylic acids is 1. The maximum atomic E-state index is 11.7. The molecule has 0 bridgehead atoms. The quantitative estimate of drug-likeness (QED) is 0.735. The smallest absolute Gasteiger partial charge is 0.222 e. The number of amides is 1. The number of hydrogen-bond donors (Lipinski definition) is 2. The average Bonchev–Trinajstić information content (AvgIpc) is 1.99. The molecule has 1 aliphatic carbocycles. The van der Waals surface area contributed by atoms with E-state index in [1.807, 2.05) is 20.8 Å². The van der Waals surface area contributed by atoms with Crippen LogP contribution in [0.4, 0.5) is 0 Å². The van der Waals surface area contributed by atoms with Gasteiger partial charge in [-0.1, -0.05) is 19.3 Å². The van der Waals surface area contributed by atoms with Gasteiger partial charge in [0.25, 0.3) is 0 Å². The van der Waals surface area contributed by atoms with E-state index in [1.165, 1.54) is 19.3 Å². The third-order valence-corrected chi connectivity index (χ3v) is 2.88. The molecule has 1 rings (SSSR count). The molecule has 0 unspecified atom stereocenters. The fraction of sp³-hybridized carbons (Fsp3) is 0.917. The minimum Gasteiger partial charge on any atom is -0.351 e. The van der Waals surface area contributed by atoms with E-state index in [-0.39, 0.29) is 17.0 Å². The predicted molar refractivity (Wildman–Crippen MR) is 62.5 cm³/mol. The first-order chi connectivity index (χ1) is 6.81. The summed E-state index contributed by atoms with van der Waals surface area (Å²) in [6.45, 7) is 5.99. The highest BCUT2D eigenvalue weighted by molar-refractivity contribution is 5.77. The molecule has 1 aliphatic rings. The van der Waals surface area contributed by atoms with Crippen LogP contribution < -0.4 is 11.1 Å². The molecule has 3 N–H and O–H groups in total. The Hall–Kier alpha value is -0.570. The van der Waals surface area contributed by atoms with Crippen molar-refractivity contribution in [3.63, 3.8) is 0 Å². The summed E-state index contributed by atoms with van der Waals surface area (Å²) >= 11 is 0. The number of rotatable bonds is 2. The monoisotopic (exact) mass is 212 g/mol. The summed E-state index contributed by atoms with van der Waals surface area (Å²) in [6.07, 6.45) is 6.05. The van der Waals surface area contributed by atoms with Crippen molar-refractivity contribution >= 4 is 5.91 Å². The largest absolute Gasteiger partial charge is 0.351 e. The van der Waals surface area contributed by atoms with E-state index in [0.717, 1.165) is 12.8 Å². The SMILES string of the molecule is CC(C)(C)NC(=O)CC1(N)CCCCC1. The number of nitrogens with one attached hydrogen (secondary N) is 1. The van der Waals surface area contributed by atoms with Gasteiger partial charge >= 0.3 is 0 Å². The highest BCUT2D eigenvalue weighted by Gasteiger charge is 2.30. The maximum absolute atomic E-state index is 11.7. The molecule has 0 spiro atoms. The normalized spacial score (nSPS) is 21.1. The second-order valence-electron chi connectivity index (χ2n) is 5.90. The van der Waals surface area contributed by atoms with E-state index < -0.39 is 0 Å². The summed E-state index contributed by atoms with van der Waals surface area (Å²) in [4.78, 5) is 11.7. The van der Waals surface area contributed by atoms with Crippen molar-refractivity contribution < 1.29 is 4.79 Å². The average molecular weight is 212 g/mol. The first kappa shape index (κ1) is 12.5. The van der Waals surface area contributed by atoms with Crippen molar-refractivity contribution in [1.29, 1.82) is 0 Å². The molecule has 0 aromatic heterocycles. The zero-order valence-electron chi connectivity index (χ0n) is 10.2. The van der Waals surface area contributed by atoms with Crippen molar-refractivity contribution in [3.05, 3.63) is 0 Å². The lowest BCUT2D eigenvalue weighted by Gasteiger charge is -2.34. The van der Waals surface area contributed by atoms with Crippen LogP contribution in [0.15, 0.2) is 0 Å². The van der Waals surface area contributed by atoms with Gasteiger partial charge in [-0.15, -0.1) is 0 Å². The minimum absolute atomic E-state index is 0.0897. The van der Waals surface area contributed by atoms with Crippen molar-refractivity contribution in [2.24, 2.45) is 5.73 Å². The first-order valence-corrected chi connectivity index (χ1v) is 5.91. The Morgan fingerprint density at radius 3 is 2.27 bits per heavy atom. The topological polar surface area (TPSA) is 55.1 Å². The summed E-state index contributed by atoms with van der Waals surface area (Å²) in [7, 11) is 0. The molecule has 0 radical (unpaired) electrons. The molecule has 3 nitrogen and oxygen atoms in total. The summed E-state index contributed by atoms with van der Waals surface area (Å²) in [5, 5.41) is 2.97. The minimum atomic E-state index is -0.242. The number of hydrogen-bond acceptors (Lipinski definition) is 2. The summed E-state index contributed by atoms with van der Waals surface area (Å²) < 4.78 is 0. The van der Waals surface area contributed by atoms with Crippen molar-refractivity contribution in [2.45, 2.75) is 70.4 Å². The third kappa shape index (κ3) is 4.65. The van der Waals surface area contributed by atoms with Crippen LogP contribution >= 0.6 is 0 Å². The summed E-state index contributed by atoms with van der Waals surface area (Å²) in [5.41, 5.74) is 5.82. The van der Waals surface area contributed by atoms with Gasteiger partial charge in [0.2, 0.25) is 5.91 Å². The predicted octanol–water partition coefficient (Wildman–Crippen LogP) is 1.95. The molecule has 0 aromatic carbocycles. The Balaban J connectivity index is 2.42. The standard InChI is InChI=1S/C12H24N2O/c1-11(2,3)14-10(15)9-12(13)7-5-4-6-8-12/h4-9,13H2,1-3H3,(H,14,15). The van der Waals surface area contributed by atoms with Crippen LogP contribution in [0.25, 0.3) is 0 Å². The van der Waals surface area contributed by atoms with Crippen molar-refractivity contribution in [1.82, 2.24) is 5.32 Å². The highest BCUT2D eigenvalue weighted by atomic mass is 16.1. The zero-order chi connectivity index (χ0) is 11.5. The van der Waals surface area contributed by atoms with Gasteiger partial charge in [-0.05, 0) is 33.6 Å². The van der Waals surface area contributed by atoms with Crippen LogP contribution in [0.5, 0.6) is 0 Å². The Kier molecular flexibility index (Phi) is 3.77. The third-order valence-electron chi connectivity index (χ3n) is 2.88. The first-order valence-electron chi connectivity index (χ1n) is 5.91. The van der Waals surface area contributed by atoms with Gasteiger partial charge in [-0.3, -0.25) is 4.79 Å². The summed E-state index contributed by atoms with van der Waals surface area (Å²) in [6, 6.07) is 0. The van der Waals surface area contributed by atoms with Gasteiger partial charge < -0.3 is 11.1 Å². The van der Waals surface area contributed by atoms with Gasteiger partial charge in [-0.2, -0.15) is 0 Å². The zero-order valence-corrected chi connectivity index (χ0v) is 10.2. The van der Waals surface area contributed by atoms with Gasteiger partial charge in [0.15, 0.2) is 0 Å². The van der Waals surface area contributed by atoms with Crippen LogP contribution in [0.3, 0.4) is 0 Å². The van der Waals surface area contributed by atoms with Crippen LogP contribution in [0.2, 0.25) is 0 Å². The van der Waals surface area contributed by atoms with Gasteiger partial charge in [0, 0.05) is 17.5 Å². The van der Waals surface area contributed by atoms with E-state index in [0.29, 0.717) is 6.42 Å². The molecule has 0 aromatic rings. The molecule has 0 saturated heterocycles. The molecule has 0 heterocycles. The molecule has 1 fully saturated rings. The Bertz CT molecular complexity index is 224. The lowest BCUT2D eigenvalue weighted by Crippen LogP contribution is -2.49. The molecule has 88 valence electrons. The molecular weight excluding hydrogens is 188 g/mol. The molecule has 1 amide bonds. The van der Waals surface area contributed by atoms with Crippen LogP contribution in [0, 0.1) is 0 Å². The second-order valence-corrected chi connectivity index (χ2v) is 5.90. The fourth-order valence-corrected chi connectivity index (χ4v) is 2.21. The van der Waals surface area contributed by atoms with E-state index in [1.54, 1.807) is 0 Å². The Morgan fingerprint density at radius 2 is 1.80 bits per heavy atom. The second kappa shape index (κ2) is 4.52. The summed E-state index contributed by atoms with van der Waals surface area (Å²) in [5.74, 6) is 0.0897. The molecule has 3 heteroatoms. The molecular formula is C12H24N2O.